The molecule has 0 spiro atoms. The Hall–Kier alpha value is -0.860. The van der Waals surface area contributed by atoms with Gasteiger partial charge in [-0.15, -0.1) is 0 Å². The van der Waals surface area contributed by atoms with E-state index in [1.807, 2.05) is 6.08 Å². The van der Waals surface area contributed by atoms with Crippen LogP contribution in [0.4, 0.5) is 4.39 Å². The van der Waals surface area contributed by atoms with E-state index < -0.39 is 0 Å². The summed E-state index contributed by atoms with van der Waals surface area (Å²) in [5.41, 5.74) is 1.84. The van der Waals surface area contributed by atoms with Gasteiger partial charge in [0.1, 0.15) is 5.82 Å². The summed E-state index contributed by atoms with van der Waals surface area (Å²) in [5.74, 6) is -0.255. The lowest BCUT2D eigenvalue weighted by Crippen LogP contribution is -2.18. The van der Waals surface area contributed by atoms with Gasteiger partial charge in [-0.1, -0.05) is 36.2 Å². The van der Waals surface area contributed by atoms with Gasteiger partial charge in [0.05, 0.1) is 0 Å². The van der Waals surface area contributed by atoms with Crippen LogP contribution in [0.3, 0.4) is 0 Å². The minimum atomic E-state index is -0.255. The Morgan fingerprint density at radius 3 is 2.88 bits per heavy atom. The highest BCUT2D eigenvalue weighted by molar-refractivity contribution is 6.30. The van der Waals surface area contributed by atoms with Crippen LogP contribution in [-0.4, -0.2) is 12.6 Å². The molecular weight excluding hydrogens is 237 g/mol. The third-order valence-corrected chi connectivity index (χ3v) is 3.21. The summed E-state index contributed by atoms with van der Waals surface area (Å²) in [6, 6.07) is 5.48. The van der Waals surface area contributed by atoms with Crippen LogP contribution >= 0.6 is 11.6 Å². The Balaban J connectivity index is 2.07. The van der Waals surface area contributed by atoms with Gasteiger partial charge in [-0.3, -0.25) is 0 Å². The van der Waals surface area contributed by atoms with Crippen LogP contribution in [-0.2, 0) is 0 Å². The van der Waals surface area contributed by atoms with Crippen LogP contribution in [0.5, 0.6) is 0 Å². The maximum Gasteiger partial charge on any atom is 0.131 e. The van der Waals surface area contributed by atoms with Crippen molar-refractivity contribution in [1.29, 1.82) is 0 Å². The molecule has 0 radical (unpaired) electrons. The van der Waals surface area contributed by atoms with Gasteiger partial charge in [-0.25, -0.2) is 4.39 Å². The third-order valence-electron chi connectivity index (χ3n) is 2.97. The topological polar surface area (TPSA) is 12.0 Å². The van der Waals surface area contributed by atoms with Crippen molar-refractivity contribution in [3.05, 3.63) is 40.2 Å². The van der Waals surface area contributed by atoms with Crippen LogP contribution < -0.4 is 5.32 Å². The van der Waals surface area contributed by atoms with E-state index in [2.05, 4.69) is 12.2 Å². The predicted octanol–water partition coefficient (Wildman–Crippen LogP) is 4.02. The molecule has 0 saturated heterocycles. The second-order valence-electron chi connectivity index (χ2n) is 4.48. The molecule has 0 unspecified atom stereocenters. The zero-order chi connectivity index (χ0) is 12.3. The third kappa shape index (κ3) is 3.83. The summed E-state index contributed by atoms with van der Waals surface area (Å²) < 4.78 is 13.6. The Labute approximate surface area is 107 Å². The average Bonchev–Trinajstić information content (AvgIpc) is 3.11. The molecule has 0 aliphatic heterocycles. The quantitative estimate of drug-likeness (QED) is 0.836. The molecule has 92 valence electrons. The van der Waals surface area contributed by atoms with E-state index in [1.165, 1.54) is 24.5 Å². The number of benzene rings is 1. The predicted molar refractivity (Wildman–Crippen MR) is 70.7 cm³/mol. The lowest BCUT2D eigenvalue weighted by atomic mass is 10.1. The number of nitrogens with one attached hydrogen (secondary N) is 1. The van der Waals surface area contributed by atoms with Crippen molar-refractivity contribution in [3.8, 4) is 0 Å². The van der Waals surface area contributed by atoms with Crippen molar-refractivity contribution < 1.29 is 4.39 Å². The highest BCUT2D eigenvalue weighted by Crippen LogP contribution is 2.21. The molecule has 0 atom stereocenters. The summed E-state index contributed by atoms with van der Waals surface area (Å²) in [4.78, 5) is 0. The molecule has 3 heteroatoms. The minimum absolute atomic E-state index is 0.255. The maximum absolute atomic E-state index is 13.6. The zero-order valence-electron chi connectivity index (χ0n) is 9.97. The number of halogens is 2. The van der Waals surface area contributed by atoms with Gasteiger partial charge >= 0.3 is 0 Å². The van der Waals surface area contributed by atoms with Crippen LogP contribution in [0, 0.1) is 5.82 Å². The normalized spacial score (nSPS) is 16.3. The fraction of sp³-hybridized carbons (Fsp3) is 0.429. The van der Waals surface area contributed by atoms with E-state index in [1.54, 1.807) is 12.1 Å². The van der Waals surface area contributed by atoms with Crippen molar-refractivity contribution in [3.63, 3.8) is 0 Å². The van der Waals surface area contributed by atoms with Crippen molar-refractivity contribution in [1.82, 2.24) is 5.32 Å². The fourth-order valence-electron chi connectivity index (χ4n) is 1.68. The Morgan fingerprint density at radius 1 is 1.53 bits per heavy atom. The van der Waals surface area contributed by atoms with E-state index >= 15 is 0 Å². The molecule has 2 rings (SSSR count). The van der Waals surface area contributed by atoms with E-state index in [4.69, 9.17) is 11.6 Å². The fourth-order valence-corrected chi connectivity index (χ4v) is 1.84. The molecular formula is C14H17ClFN. The van der Waals surface area contributed by atoms with Gasteiger partial charge in [-0.05, 0) is 31.4 Å². The Morgan fingerprint density at radius 2 is 2.29 bits per heavy atom. The summed E-state index contributed by atoms with van der Waals surface area (Å²) >= 11 is 5.73. The molecule has 1 aliphatic rings. The van der Waals surface area contributed by atoms with Crippen LogP contribution in [0.1, 0.15) is 31.7 Å². The van der Waals surface area contributed by atoms with Gasteiger partial charge in [0, 0.05) is 23.2 Å². The molecule has 0 heterocycles. The second-order valence-corrected chi connectivity index (χ2v) is 4.91. The number of hydrogen-bond acceptors (Lipinski definition) is 1. The first-order chi connectivity index (χ1) is 8.19. The van der Waals surface area contributed by atoms with E-state index in [-0.39, 0.29) is 5.82 Å². The van der Waals surface area contributed by atoms with Gasteiger partial charge in [0.25, 0.3) is 0 Å². The second kappa shape index (κ2) is 5.65. The van der Waals surface area contributed by atoms with Crippen LogP contribution in [0.2, 0.25) is 5.02 Å². The van der Waals surface area contributed by atoms with Crippen molar-refractivity contribution in [2.45, 2.75) is 32.2 Å². The summed E-state index contributed by atoms with van der Waals surface area (Å²) in [6.45, 7) is 2.94. The van der Waals surface area contributed by atoms with Crippen molar-refractivity contribution in [2.24, 2.45) is 0 Å². The summed E-state index contributed by atoms with van der Waals surface area (Å²) in [6.07, 6.45) is 5.39. The molecule has 17 heavy (non-hydrogen) atoms. The first kappa shape index (κ1) is 12.6. The zero-order valence-corrected chi connectivity index (χ0v) is 10.7. The number of hydrogen-bond donors (Lipinski definition) is 1. The molecule has 1 nitrogen and oxygen atoms in total. The molecule has 0 aromatic heterocycles. The van der Waals surface area contributed by atoms with Gasteiger partial charge < -0.3 is 5.32 Å². The lowest BCUT2D eigenvalue weighted by molar-refractivity contribution is 0.624. The van der Waals surface area contributed by atoms with Crippen LogP contribution in [0.25, 0.3) is 6.08 Å². The monoisotopic (exact) mass is 253 g/mol. The number of rotatable bonds is 5. The molecule has 1 aromatic rings. The first-order valence-electron chi connectivity index (χ1n) is 6.07. The van der Waals surface area contributed by atoms with Crippen LogP contribution in [0.15, 0.2) is 23.8 Å². The SMILES string of the molecule is CC/C(=C/c1ccc(Cl)cc1F)CNC1CC1. The van der Waals surface area contributed by atoms with Crippen molar-refractivity contribution in [2.75, 3.05) is 6.54 Å². The van der Waals surface area contributed by atoms with Gasteiger partial charge in [0.2, 0.25) is 0 Å². The smallest absolute Gasteiger partial charge is 0.131 e. The van der Waals surface area contributed by atoms with E-state index in [9.17, 15) is 4.39 Å². The summed E-state index contributed by atoms with van der Waals surface area (Å²) in [7, 11) is 0. The van der Waals surface area contributed by atoms with E-state index in [0.717, 1.165) is 13.0 Å². The minimum Gasteiger partial charge on any atom is -0.310 e. The first-order valence-corrected chi connectivity index (χ1v) is 6.44. The molecule has 1 fully saturated rings. The standard InChI is InChI=1S/C14H17ClFN/c1-2-10(9-17-13-5-6-13)7-11-3-4-12(15)8-14(11)16/h3-4,7-8,13,17H,2,5-6,9H2,1H3/b10-7-. The van der Waals surface area contributed by atoms with Gasteiger partial charge in [-0.2, -0.15) is 0 Å². The molecule has 1 aromatic carbocycles. The molecule has 1 saturated carbocycles. The molecule has 1 N–H and O–H groups in total. The van der Waals surface area contributed by atoms with Crippen molar-refractivity contribution >= 4 is 17.7 Å². The summed E-state index contributed by atoms with van der Waals surface area (Å²) in [5, 5.41) is 3.88. The van der Waals surface area contributed by atoms with Gasteiger partial charge in [0.15, 0.2) is 0 Å². The highest BCUT2D eigenvalue weighted by atomic mass is 35.5. The largest absolute Gasteiger partial charge is 0.310 e. The highest BCUT2D eigenvalue weighted by Gasteiger charge is 2.20. The molecule has 0 bridgehead atoms. The lowest BCUT2D eigenvalue weighted by Gasteiger charge is -2.07. The van der Waals surface area contributed by atoms with E-state index in [0.29, 0.717) is 16.6 Å². The average molecular weight is 254 g/mol. The Kier molecular flexibility index (Phi) is 4.19. The maximum atomic E-state index is 13.6. The molecule has 1 aliphatic carbocycles. The Bertz CT molecular complexity index is 424. The molecule has 0 amide bonds.